The third-order valence-electron chi connectivity index (χ3n) is 5.27. The summed E-state index contributed by atoms with van der Waals surface area (Å²) in [5.41, 5.74) is 0. The Bertz CT molecular complexity index is 522. The van der Waals surface area contributed by atoms with Crippen LogP contribution in [-0.4, -0.2) is 128 Å². The fourth-order valence-corrected chi connectivity index (χ4v) is 5.38. The van der Waals surface area contributed by atoms with Gasteiger partial charge < -0.3 is 0 Å². The van der Waals surface area contributed by atoms with Crippen LogP contribution < -0.4 is 0 Å². The minimum atomic E-state index is -1.60. The molecule has 0 aliphatic carbocycles. The zero-order valence-electron chi connectivity index (χ0n) is 17.8. The molecule has 30 heavy (non-hydrogen) atoms. The van der Waals surface area contributed by atoms with Gasteiger partial charge >= 0.3 is 184 Å². The van der Waals surface area contributed by atoms with Crippen molar-refractivity contribution >= 4 is 23.0 Å². The van der Waals surface area contributed by atoms with E-state index >= 15 is 0 Å². The number of aliphatic hydroxyl groups excluding tert-OH is 6. The summed E-state index contributed by atoms with van der Waals surface area (Å²) >= 11 is 0.132. The van der Waals surface area contributed by atoms with Crippen LogP contribution in [-0.2, 0) is 18.9 Å². The molecule has 2 heterocycles. The zero-order valence-corrected chi connectivity index (χ0v) is 20.5. The van der Waals surface area contributed by atoms with E-state index in [1.165, 1.54) is 0 Å². The van der Waals surface area contributed by atoms with Crippen molar-refractivity contribution in [3.63, 3.8) is 0 Å². The topological polar surface area (TPSA) is 158 Å². The molecule has 0 aromatic heterocycles. The molecule has 6 N–H and O–H groups in total. The predicted molar refractivity (Wildman–Crippen MR) is 110 cm³/mol. The van der Waals surface area contributed by atoms with Gasteiger partial charge in [-0.3, -0.25) is 0 Å². The van der Waals surface area contributed by atoms with E-state index in [0.717, 1.165) is 6.04 Å². The van der Waals surface area contributed by atoms with Crippen LogP contribution in [0.5, 0.6) is 0 Å². The van der Waals surface area contributed by atoms with Gasteiger partial charge in [-0.05, 0) is 0 Å². The van der Waals surface area contributed by atoms with E-state index in [2.05, 4.69) is 19.6 Å². The van der Waals surface area contributed by atoms with Crippen LogP contribution in [0.15, 0.2) is 0 Å². The summed E-state index contributed by atoms with van der Waals surface area (Å²) in [6.45, 7) is 6.32. The van der Waals surface area contributed by atoms with Gasteiger partial charge in [-0.25, -0.2) is 0 Å². The van der Waals surface area contributed by atoms with E-state index in [-0.39, 0.29) is 15.0 Å². The van der Waals surface area contributed by atoms with Crippen LogP contribution >= 0.6 is 0 Å². The molecule has 0 amide bonds. The Morgan fingerprint density at radius 1 is 0.867 bits per heavy atom. The van der Waals surface area contributed by atoms with Crippen molar-refractivity contribution < 1.29 is 49.6 Å². The molecular formula is C18H36O10SeSi. The summed E-state index contributed by atoms with van der Waals surface area (Å²) in [4.78, 5) is 0. The van der Waals surface area contributed by atoms with E-state index in [0.29, 0.717) is 11.9 Å². The molecule has 10 atom stereocenters. The van der Waals surface area contributed by atoms with Gasteiger partial charge in [-0.2, -0.15) is 0 Å². The van der Waals surface area contributed by atoms with Crippen LogP contribution in [0.25, 0.3) is 0 Å². The molecule has 2 aliphatic heterocycles. The molecule has 0 radical (unpaired) electrons. The number of ether oxygens (including phenoxy) is 4. The Labute approximate surface area is 184 Å². The first-order valence-corrected chi connectivity index (χ1v) is 16.7. The van der Waals surface area contributed by atoms with Crippen molar-refractivity contribution in [2.45, 2.75) is 98.2 Å². The summed E-state index contributed by atoms with van der Waals surface area (Å²) < 4.78 is 22.6. The van der Waals surface area contributed by atoms with Crippen LogP contribution in [0.2, 0.25) is 36.8 Å². The van der Waals surface area contributed by atoms with Crippen LogP contribution in [0, 0.1) is 0 Å². The molecule has 178 valence electrons. The Morgan fingerprint density at radius 3 is 2.10 bits per heavy atom. The van der Waals surface area contributed by atoms with Gasteiger partial charge in [0.15, 0.2) is 0 Å². The van der Waals surface area contributed by atoms with E-state index < -0.39 is 76.1 Å². The first-order valence-electron chi connectivity index (χ1n) is 10.1. The standard InChI is InChI=1S/C18H36O10SeSi/c1-29-8-10-15(28-18-13(22)12(21)11(20)9(7-19)27-18)14(23)16(17(24)26-10)25-5-6-30(2,3)4/h9-24H,5-8H2,1-4H3/t9-,10-,11+,12+,13-,14+,15-,16-,17-,18+/m1/s1. The van der Waals surface area contributed by atoms with Gasteiger partial charge in [-0.15, -0.1) is 0 Å². The summed E-state index contributed by atoms with van der Waals surface area (Å²) in [5.74, 6) is 1.97. The zero-order chi connectivity index (χ0) is 22.6. The van der Waals surface area contributed by atoms with Gasteiger partial charge in [0.2, 0.25) is 0 Å². The van der Waals surface area contributed by atoms with Crippen molar-refractivity contribution in [1.82, 2.24) is 0 Å². The molecule has 0 aromatic rings. The Kier molecular flexibility index (Phi) is 10.2. The van der Waals surface area contributed by atoms with E-state index in [1.807, 2.05) is 5.82 Å². The number of hydrogen-bond acceptors (Lipinski definition) is 10. The van der Waals surface area contributed by atoms with Gasteiger partial charge in [0, 0.05) is 0 Å². The summed E-state index contributed by atoms with van der Waals surface area (Å²) in [6, 6.07) is 0.836. The van der Waals surface area contributed by atoms with Crippen molar-refractivity contribution in [2.24, 2.45) is 0 Å². The second-order valence-corrected chi connectivity index (χ2v) is 16.5. The fourth-order valence-electron chi connectivity index (χ4n) is 3.39. The first-order chi connectivity index (χ1) is 14.0. The van der Waals surface area contributed by atoms with Crippen molar-refractivity contribution in [1.29, 1.82) is 0 Å². The molecule has 2 rings (SSSR count). The second-order valence-electron chi connectivity index (χ2n) is 8.96. The van der Waals surface area contributed by atoms with Gasteiger partial charge in [0.05, 0.1) is 0 Å². The van der Waals surface area contributed by atoms with Gasteiger partial charge in [-0.1, -0.05) is 0 Å². The average Bonchev–Trinajstić information content (AvgIpc) is 2.66. The average molecular weight is 520 g/mol. The number of rotatable bonds is 9. The third kappa shape index (κ3) is 6.67. The Balaban J connectivity index is 2.12. The van der Waals surface area contributed by atoms with Crippen LogP contribution in [0.3, 0.4) is 0 Å². The monoisotopic (exact) mass is 520 g/mol. The Hall–Kier alpha value is 0.336. The van der Waals surface area contributed by atoms with Crippen LogP contribution in [0.4, 0.5) is 0 Å². The van der Waals surface area contributed by atoms with Crippen molar-refractivity contribution in [3.05, 3.63) is 0 Å². The number of aliphatic hydroxyl groups is 6. The molecule has 10 nitrogen and oxygen atoms in total. The molecular weight excluding hydrogens is 483 g/mol. The van der Waals surface area contributed by atoms with E-state index in [1.54, 1.807) is 0 Å². The fraction of sp³-hybridized carbons (Fsp3) is 1.00. The molecule has 12 heteroatoms. The second kappa shape index (κ2) is 11.5. The molecule has 0 spiro atoms. The Morgan fingerprint density at radius 2 is 1.53 bits per heavy atom. The molecule has 0 bridgehead atoms. The predicted octanol–water partition coefficient (Wildman–Crippen LogP) is -1.86. The molecule has 0 saturated carbocycles. The van der Waals surface area contributed by atoms with Gasteiger partial charge in [0.1, 0.15) is 0 Å². The summed E-state index contributed by atoms with van der Waals surface area (Å²) in [6.07, 6.45) is -12.6. The van der Waals surface area contributed by atoms with Gasteiger partial charge in [0.25, 0.3) is 0 Å². The van der Waals surface area contributed by atoms with E-state index in [4.69, 9.17) is 18.9 Å². The van der Waals surface area contributed by atoms with Crippen LogP contribution in [0.1, 0.15) is 0 Å². The molecule has 0 aromatic carbocycles. The third-order valence-corrected chi connectivity index (χ3v) is 8.36. The number of hydrogen-bond donors (Lipinski definition) is 6. The SMILES string of the molecule is C[Se]C[C@H]1O[C@@H](O)[C@H](OCC[Si](C)(C)C)[C@@H](O)[C@@H]1O[C@@H]1O[C@H](CO)[C@H](O)[C@H](O)[C@H]1O. The molecule has 2 fully saturated rings. The molecule has 2 aliphatic rings. The normalized spacial score (nSPS) is 43.0. The maximum absolute atomic E-state index is 10.9. The van der Waals surface area contributed by atoms with Crippen molar-refractivity contribution in [2.75, 3.05) is 13.2 Å². The first kappa shape index (κ1) is 26.6. The quantitative estimate of drug-likeness (QED) is 0.191. The maximum atomic E-state index is 10.9. The van der Waals surface area contributed by atoms with E-state index in [9.17, 15) is 30.6 Å². The molecule has 0 unspecified atom stereocenters. The van der Waals surface area contributed by atoms with Crippen molar-refractivity contribution in [3.8, 4) is 0 Å². The summed E-state index contributed by atoms with van der Waals surface area (Å²) in [7, 11) is -1.39. The molecule has 2 saturated heterocycles. The summed E-state index contributed by atoms with van der Waals surface area (Å²) in [5, 5.41) is 61.4. The minimum absolute atomic E-state index is 0.132.